The molecule has 2 aliphatic rings. The van der Waals surface area contributed by atoms with Crippen molar-refractivity contribution < 1.29 is 14.3 Å². The molecule has 2 aliphatic heterocycles. The van der Waals surface area contributed by atoms with Gasteiger partial charge >= 0.3 is 0 Å². The Bertz CT molecular complexity index is 811. The number of carbonyl (C=O) groups excluding carboxylic acids is 1. The van der Waals surface area contributed by atoms with Crippen molar-refractivity contribution in [3.8, 4) is 16.9 Å². The molecule has 142 valence electrons. The highest BCUT2D eigenvalue weighted by Crippen LogP contribution is 2.30. The summed E-state index contributed by atoms with van der Waals surface area (Å²) in [6, 6.07) is 14.7. The van der Waals surface area contributed by atoms with Gasteiger partial charge in [-0.2, -0.15) is 0 Å². The van der Waals surface area contributed by atoms with Gasteiger partial charge in [-0.1, -0.05) is 30.3 Å². The number of aryl methyl sites for hydroxylation is 1. The van der Waals surface area contributed by atoms with Crippen LogP contribution in [0.4, 0.5) is 0 Å². The van der Waals surface area contributed by atoms with E-state index in [4.69, 9.17) is 15.2 Å². The Morgan fingerprint density at radius 2 is 1.78 bits per heavy atom. The smallest absolute Gasteiger partial charge is 0.240 e. The highest BCUT2D eigenvalue weighted by atomic mass is 16.5. The van der Waals surface area contributed by atoms with Crippen LogP contribution in [0.15, 0.2) is 42.5 Å². The standard InChI is InChI=1S/C22H26N2O3/c23-22(9-12-26-13-10-22)21(25)24-15-16-3-5-17(6-4-16)18-7-8-20-19(14-18)2-1-11-27-20/h3-8,14H,1-2,9-13,15,23H2,(H,24,25). The van der Waals surface area contributed by atoms with Crippen molar-refractivity contribution >= 4 is 5.91 Å². The number of ether oxygens (including phenoxy) is 2. The lowest BCUT2D eigenvalue weighted by Gasteiger charge is -2.31. The quantitative estimate of drug-likeness (QED) is 0.873. The van der Waals surface area contributed by atoms with Crippen molar-refractivity contribution in [2.24, 2.45) is 5.73 Å². The third-order valence-corrected chi connectivity index (χ3v) is 5.49. The minimum Gasteiger partial charge on any atom is -0.493 e. The first-order valence-corrected chi connectivity index (χ1v) is 9.64. The second-order valence-electron chi connectivity index (χ2n) is 7.42. The second-order valence-corrected chi connectivity index (χ2v) is 7.42. The Morgan fingerprint density at radius 3 is 2.56 bits per heavy atom. The number of hydrogen-bond acceptors (Lipinski definition) is 4. The molecule has 0 atom stereocenters. The van der Waals surface area contributed by atoms with Crippen LogP contribution in [-0.2, 0) is 22.5 Å². The fourth-order valence-corrected chi connectivity index (χ4v) is 3.68. The summed E-state index contributed by atoms with van der Waals surface area (Å²) in [5.41, 5.74) is 10.1. The van der Waals surface area contributed by atoms with Crippen LogP contribution in [-0.4, -0.2) is 31.3 Å². The lowest BCUT2D eigenvalue weighted by molar-refractivity contribution is -0.129. The molecule has 27 heavy (non-hydrogen) atoms. The number of nitrogens with one attached hydrogen (secondary N) is 1. The minimum atomic E-state index is -0.802. The molecule has 0 spiro atoms. The van der Waals surface area contributed by atoms with Crippen LogP contribution in [0.1, 0.15) is 30.4 Å². The molecule has 0 unspecified atom stereocenters. The number of hydrogen-bond donors (Lipinski definition) is 2. The molecule has 0 aromatic heterocycles. The van der Waals surface area contributed by atoms with Crippen LogP contribution in [0.5, 0.6) is 5.75 Å². The minimum absolute atomic E-state index is 0.0930. The number of fused-ring (bicyclic) bond motifs is 1. The van der Waals surface area contributed by atoms with Gasteiger partial charge in [0, 0.05) is 19.8 Å². The van der Waals surface area contributed by atoms with Gasteiger partial charge in [0.15, 0.2) is 0 Å². The summed E-state index contributed by atoms with van der Waals surface area (Å²) in [6.07, 6.45) is 3.28. The van der Waals surface area contributed by atoms with Crippen molar-refractivity contribution in [1.82, 2.24) is 5.32 Å². The normalized spacial score (nSPS) is 18.3. The monoisotopic (exact) mass is 366 g/mol. The van der Waals surface area contributed by atoms with E-state index in [0.29, 0.717) is 32.6 Å². The van der Waals surface area contributed by atoms with Crippen LogP contribution in [0, 0.1) is 0 Å². The van der Waals surface area contributed by atoms with E-state index in [9.17, 15) is 4.79 Å². The fraction of sp³-hybridized carbons (Fsp3) is 0.409. The Morgan fingerprint density at radius 1 is 1.04 bits per heavy atom. The summed E-state index contributed by atoms with van der Waals surface area (Å²) in [4.78, 5) is 12.4. The lowest BCUT2D eigenvalue weighted by Crippen LogP contribution is -2.56. The molecule has 0 radical (unpaired) electrons. The van der Waals surface area contributed by atoms with E-state index in [-0.39, 0.29) is 5.91 Å². The molecule has 1 amide bonds. The molecule has 2 aromatic rings. The number of nitrogens with two attached hydrogens (primary N) is 1. The zero-order valence-corrected chi connectivity index (χ0v) is 15.5. The average Bonchev–Trinajstić information content (AvgIpc) is 2.72. The molecule has 1 saturated heterocycles. The molecule has 0 bridgehead atoms. The first-order valence-electron chi connectivity index (χ1n) is 9.64. The van der Waals surface area contributed by atoms with Crippen LogP contribution < -0.4 is 15.8 Å². The van der Waals surface area contributed by atoms with E-state index in [0.717, 1.165) is 36.3 Å². The number of benzene rings is 2. The molecular formula is C22H26N2O3. The predicted molar refractivity (Wildman–Crippen MR) is 105 cm³/mol. The highest BCUT2D eigenvalue weighted by molar-refractivity contribution is 5.86. The van der Waals surface area contributed by atoms with E-state index >= 15 is 0 Å². The Hall–Kier alpha value is -2.37. The molecule has 0 aliphatic carbocycles. The SMILES string of the molecule is NC1(C(=O)NCc2ccc(-c3ccc4c(c3)CCCO4)cc2)CCOCC1. The molecule has 2 aromatic carbocycles. The lowest BCUT2D eigenvalue weighted by atomic mass is 9.90. The van der Waals surface area contributed by atoms with E-state index in [1.54, 1.807) is 0 Å². The summed E-state index contributed by atoms with van der Waals surface area (Å²) in [5, 5.41) is 2.97. The molecule has 0 saturated carbocycles. The zero-order valence-electron chi connectivity index (χ0n) is 15.5. The first kappa shape index (κ1) is 18.0. The van der Waals surface area contributed by atoms with E-state index in [1.807, 2.05) is 0 Å². The van der Waals surface area contributed by atoms with Crippen molar-refractivity contribution in [2.75, 3.05) is 19.8 Å². The summed E-state index contributed by atoms with van der Waals surface area (Å²) >= 11 is 0. The van der Waals surface area contributed by atoms with E-state index in [1.165, 1.54) is 11.1 Å². The second kappa shape index (κ2) is 7.71. The molecule has 5 nitrogen and oxygen atoms in total. The van der Waals surface area contributed by atoms with Crippen LogP contribution in [0.3, 0.4) is 0 Å². The number of carbonyl (C=O) groups is 1. The van der Waals surface area contributed by atoms with Crippen LogP contribution >= 0.6 is 0 Å². The van der Waals surface area contributed by atoms with Crippen LogP contribution in [0.2, 0.25) is 0 Å². The molecule has 3 N–H and O–H groups in total. The average molecular weight is 366 g/mol. The molecule has 1 fully saturated rings. The van der Waals surface area contributed by atoms with Gasteiger partial charge in [-0.25, -0.2) is 0 Å². The zero-order chi connectivity index (χ0) is 18.7. The number of rotatable bonds is 4. The summed E-state index contributed by atoms with van der Waals surface area (Å²) in [7, 11) is 0. The van der Waals surface area contributed by atoms with Gasteiger partial charge in [0.25, 0.3) is 0 Å². The largest absolute Gasteiger partial charge is 0.493 e. The van der Waals surface area contributed by atoms with Gasteiger partial charge in [-0.05, 0) is 60.1 Å². The Labute approximate surface area is 159 Å². The predicted octanol–water partition coefficient (Wildman–Crippen LogP) is 2.80. The summed E-state index contributed by atoms with van der Waals surface area (Å²) < 4.78 is 11.0. The van der Waals surface area contributed by atoms with Gasteiger partial charge in [-0.15, -0.1) is 0 Å². The number of amides is 1. The molecule has 4 rings (SSSR count). The van der Waals surface area contributed by atoms with E-state index in [2.05, 4.69) is 47.8 Å². The maximum absolute atomic E-state index is 12.4. The first-order chi connectivity index (χ1) is 13.1. The van der Waals surface area contributed by atoms with Gasteiger partial charge in [0.05, 0.1) is 12.1 Å². The van der Waals surface area contributed by atoms with Crippen molar-refractivity contribution in [1.29, 1.82) is 0 Å². The molecule has 5 heteroatoms. The maximum Gasteiger partial charge on any atom is 0.240 e. The van der Waals surface area contributed by atoms with Crippen molar-refractivity contribution in [2.45, 2.75) is 37.8 Å². The van der Waals surface area contributed by atoms with Gasteiger partial charge in [-0.3, -0.25) is 4.79 Å². The topological polar surface area (TPSA) is 73.6 Å². The van der Waals surface area contributed by atoms with Crippen LogP contribution in [0.25, 0.3) is 11.1 Å². The van der Waals surface area contributed by atoms with Crippen molar-refractivity contribution in [3.63, 3.8) is 0 Å². The third kappa shape index (κ3) is 3.99. The van der Waals surface area contributed by atoms with E-state index < -0.39 is 5.54 Å². The summed E-state index contributed by atoms with van der Waals surface area (Å²) in [6.45, 7) is 2.38. The Kier molecular flexibility index (Phi) is 5.14. The van der Waals surface area contributed by atoms with Gasteiger partial charge in [0.1, 0.15) is 5.75 Å². The fourth-order valence-electron chi connectivity index (χ4n) is 3.68. The van der Waals surface area contributed by atoms with Crippen molar-refractivity contribution in [3.05, 3.63) is 53.6 Å². The maximum atomic E-state index is 12.4. The molecule has 2 heterocycles. The Balaban J connectivity index is 1.40. The van der Waals surface area contributed by atoms with Gasteiger partial charge in [0.2, 0.25) is 5.91 Å². The third-order valence-electron chi connectivity index (χ3n) is 5.49. The highest BCUT2D eigenvalue weighted by Gasteiger charge is 2.35. The summed E-state index contributed by atoms with van der Waals surface area (Å²) in [5.74, 6) is 0.915. The molecular weight excluding hydrogens is 340 g/mol. The van der Waals surface area contributed by atoms with Gasteiger partial charge < -0.3 is 20.5 Å².